The summed E-state index contributed by atoms with van der Waals surface area (Å²) in [6.07, 6.45) is 1.13. The van der Waals surface area contributed by atoms with Gasteiger partial charge in [0.1, 0.15) is 5.75 Å². The summed E-state index contributed by atoms with van der Waals surface area (Å²) >= 11 is 0. The van der Waals surface area contributed by atoms with E-state index in [1.54, 1.807) is 7.11 Å². The average molecular weight is 725 g/mol. The topological polar surface area (TPSA) is 17.4 Å². The molecule has 9 aromatic rings. The zero-order chi connectivity index (χ0) is 38.0. The van der Waals surface area contributed by atoms with Crippen LogP contribution >= 0.6 is 0 Å². The third-order valence-electron chi connectivity index (χ3n) is 11.2. The van der Waals surface area contributed by atoms with Crippen molar-refractivity contribution in [2.45, 2.75) is 26.2 Å². The molecular formula is C53H44N2O. The van der Waals surface area contributed by atoms with Crippen LogP contribution in [0.15, 0.2) is 194 Å². The number of fused-ring (bicyclic) bond motifs is 3. The minimum atomic E-state index is 0.550. The smallest absolute Gasteiger partial charge is 0.119 e. The second-order valence-electron chi connectivity index (χ2n) is 14.6. The minimum absolute atomic E-state index is 0.550. The van der Waals surface area contributed by atoms with E-state index in [0.717, 1.165) is 34.9 Å². The molecule has 1 unspecified atom stereocenters. The first-order chi connectivity index (χ1) is 27.6. The van der Waals surface area contributed by atoms with Crippen molar-refractivity contribution < 1.29 is 4.74 Å². The van der Waals surface area contributed by atoms with Crippen LogP contribution in [-0.2, 0) is 0 Å². The second-order valence-corrected chi connectivity index (χ2v) is 14.6. The van der Waals surface area contributed by atoms with Crippen LogP contribution in [0.2, 0.25) is 0 Å². The van der Waals surface area contributed by atoms with Gasteiger partial charge in [0, 0.05) is 33.5 Å². The van der Waals surface area contributed by atoms with E-state index >= 15 is 0 Å². The van der Waals surface area contributed by atoms with Crippen molar-refractivity contribution in [3.8, 4) is 44.8 Å². The Balaban J connectivity index is 1.12. The molecule has 0 N–H and O–H groups in total. The summed E-state index contributed by atoms with van der Waals surface area (Å²) in [5, 5.41) is 2.45. The number of ether oxygens (including phenoxy) is 1. The van der Waals surface area contributed by atoms with Gasteiger partial charge in [0.25, 0.3) is 0 Å². The zero-order valence-corrected chi connectivity index (χ0v) is 32.1. The summed E-state index contributed by atoms with van der Waals surface area (Å²) in [5.74, 6) is 1.40. The van der Waals surface area contributed by atoms with Gasteiger partial charge in [-0.1, -0.05) is 123 Å². The maximum atomic E-state index is 5.50. The van der Waals surface area contributed by atoms with E-state index in [4.69, 9.17) is 4.74 Å². The van der Waals surface area contributed by atoms with Gasteiger partial charge in [-0.15, -0.1) is 0 Å². The van der Waals surface area contributed by atoms with Gasteiger partial charge in [-0.25, -0.2) is 0 Å². The van der Waals surface area contributed by atoms with Crippen LogP contribution in [0, 0.1) is 0 Å². The number of benzene rings is 8. The van der Waals surface area contributed by atoms with E-state index < -0.39 is 0 Å². The standard InChI is InChI=1S/C53H44N2O/c1-4-37(2)38-15-17-41(18-16-38)43-23-33-52-50(35-43)51-36-44(24-34-53(51)55(52)48-29-31-49(56-3)32-30-48)42-21-27-47(28-22-42)54(45-13-9-6-10-14-45)46-25-19-40(20-26-46)39-11-7-5-8-12-39/h5-37H,4H2,1-3H3. The summed E-state index contributed by atoms with van der Waals surface area (Å²) in [6.45, 7) is 4.55. The largest absolute Gasteiger partial charge is 0.497 e. The highest BCUT2D eigenvalue weighted by molar-refractivity contribution is 6.11. The zero-order valence-electron chi connectivity index (χ0n) is 32.1. The van der Waals surface area contributed by atoms with Crippen LogP contribution in [-0.4, -0.2) is 11.7 Å². The maximum absolute atomic E-state index is 5.50. The molecule has 0 saturated carbocycles. The van der Waals surface area contributed by atoms with E-state index in [-0.39, 0.29) is 0 Å². The molecule has 0 aliphatic heterocycles. The first kappa shape index (κ1) is 34.9. The van der Waals surface area contributed by atoms with Gasteiger partial charge in [0.2, 0.25) is 0 Å². The first-order valence-electron chi connectivity index (χ1n) is 19.5. The maximum Gasteiger partial charge on any atom is 0.119 e. The summed E-state index contributed by atoms with van der Waals surface area (Å²) < 4.78 is 7.87. The van der Waals surface area contributed by atoms with E-state index in [2.05, 4.69) is 205 Å². The number of hydrogen-bond acceptors (Lipinski definition) is 2. The van der Waals surface area contributed by atoms with Crippen LogP contribution in [0.3, 0.4) is 0 Å². The molecule has 1 atom stereocenters. The van der Waals surface area contributed by atoms with Crippen LogP contribution in [0.5, 0.6) is 5.75 Å². The number of anilines is 3. The Bertz CT molecular complexity index is 2730. The van der Waals surface area contributed by atoms with Gasteiger partial charge >= 0.3 is 0 Å². The molecule has 0 spiro atoms. The van der Waals surface area contributed by atoms with Crippen molar-refractivity contribution in [3.05, 3.63) is 200 Å². The van der Waals surface area contributed by atoms with Crippen molar-refractivity contribution >= 4 is 38.9 Å². The lowest BCUT2D eigenvalue weighted by molar-refractivity contribution is 0.415. The Kier molecular flexibility index (Phi) is 9.42. The Morgan fingerprint density at radius 1 is 0.464 bits per heavy atom. The van der Waals surface area contributed by atoms with E-state index in [0.29, 0.717) is 5.92 Å². The monoisotopic (exact) mass is 724 g/mol. The predicted octanol–water partition coefficient (Wildman–Crippen LogP) is 14.8. The number of rotatable bonds is 10. The third-order valence-corrected chi connectivity index (χ3v) is 11.2. The first-order valence-corrected chi connectivity index (χ1v) is 19.5. The summed E-state index contributed by atoms with van der Waals surface area (Å²) in [4.78, 5) is 2.32. The molecule has 9 rings (SSSR count). The van der Waals surface area contributed by atoms with E-state index in [1.165, 1.54) is 60.8 Å². The van der Waals surface area contributed by atoms with Crippen LogP contribution < -0.4 is 9.64 Å². The van der Waals surface area contributed by atoms with Crippen molar-refractivity contribution in [1.82, 2.24) is 4.57 Å². The van der Waals surface area contributed by atoms with Crippen molar-refractivity contribution in [3.63, 3.8) is 0 Å². The van der Waals surface area contributed by atoms with Gasteiger partial charge in [-0.3, -0.25) is 0 Å². The second kappa shape index (κ2) is 15.1. The molecule has 0 fully saturated rings. The lowest BCUT2D eigenvalue weighted by Gasteiger charge is -2.26. The number of methoxy groups -OCH3 is 1. The molecular weight excluding hydrogens is 681 g/mol. The molecule has 0 aliphatic carbocycles. The molecule has 1 aromatic heterocycles. The predicted molar refractivity (Wildman–Crippen MR) is 237 cm³/mol. The number of nitrogens with zero attached hydrogens (tertiary/aromatic N) is 2. The number of para-hydroxylation sites is 1. The van der Waals surface area contributed by atoms with Crippen molar-refractivity contribution in [2.24, 2.45) is 0 Å². The van der Waals surface area contributed by atoms with Gasteiger partial charge in [0.15, 0.2) is 0 Å². The molecule has 0 bridgehead atoms. The summed E-state index contributed by atoms with van der Waals surface area (Å²) in [5.41, 5.74) is 15.4. The summed E-state index contributed by atoms with van der Waals surface area (Å²) in [6, 6.07) is 70.2. The van der Waals surface area contributed by atoms with Gasteiger partial charge < -0.3 is 14.2 Å². The van der Waals surface area contributed by atoms with E-state index in [1.807, 2.05) is 12.1 Å². The molecule has 8 aromatic carbocycles. The molecule has 1 heterocycles. The number of hydrogen-bond donors (Lipinski definition) is 0. The molecule has 0 radical (unpaired) electrons. The van der Waals surface area contributed by atoms with E-state index in [9.17, 15) is 0 Å². The fraction of sp³-hybridized carbons (Fsp3) is 0.0943. The fourth-order valence-electron chi connectivity index (χ4n) is 7.89. The van der Waals surface area contributed by atoms with Gasteiger partial charge in [-0.2, -0.15) is 0 Å². The quantitative estimate of drug-likeness (QED) is 0.140. The summed E-state index contributed by atoms with van der Waals surface area (Å²) in [7, 11) is 1.71. The average Bonchev–Trinajstić information content (AvgIpc) is 3.60. The lowest BCUT2D eigenvalue weighted by atomic mass is 9.95. The molecule has 3 heteroatoms. The number of aromatic nitrogens is 1. The van der Waals surface area contributed by atoms with Crippen LogP contribution in [0.4, 0.5) is 17.1 Å². The Hall–Kier alpha value is -6.84. The highest BCUT2D eigenvalue weighted by atomic mass is 16.5. The van der Waals surface area contributed by atoms with Crippen LogP contribution in [0.1, 0.15) is 31.7 Å². The SMILES string of the molecule is CCC(C)c1ccc(-c2ccc3c(c2)c2cc(-c4ccc(N(c5ccccc5)c5ccc(-c6ccccc6)cc5)cc4)ccc2n3-c2ccc(OC)cc2)cc1. The van der Waals surface area contributed by atoms with Gasteiger partial charge in [-0.05, 0) is 136 Å². The lowest BCUT2D eigenvalue weighted by Crippen LogP contribution is -2.09. The van der Waals surface area contributed by atoms with Gasteiger partial charge in [0.05, 0.1) is 18.1 Å². The third kappa shape index (κ3) is 6.62. The Morgan fingerprint density at radius 2 is 0.893 bits per heavy atom. The highest BCUT2D eigenvalue weighted by Crippen LogP contribution is 2.40. The van der Waals surface area contributed by atoms with Crippen LogP contribution in [0.25, 0.3) is 60.9 Å². The molecule has 56 heavy (non-hydrogen) atoms. The molecule has 272 valence electrons. The highest BCUT2D eigenvalue weighted by Gasteiger charge is 2.17. The van der Waals surface area contributed by atoms with Crippen molar-refractivity contribution in [2.75, 3.05) is 12.0 Å². The minimum Gasteiger partial charge on any atom is -0.497 e. The Morgan fingerprint density at radius 3 is 1.39 bits per heavy atom. The fourth-order valence-corrected chi connectivity index (χ4v) is 7.89. The molecule has 0 aliphatic rings. The normalized spacial score (nSPS) is 11.8. The molecule has 3 nitrogen and oxygen atoms in total. The van der Waals surface area contributed by atoms with Crippen molar-refractivity contribution in [1.29, 1.82) is 0 Å². The Labute approximate surface area is 329 Å². The molecule has 0 amide bonds. The molecule has 0 saturated heterocycles.